The van der Waals surface area contributed by atoms with E-state index in [0.717, 1.165) is 19.6 Å². The lowest BCUT2D eigenvalue weighted by molar-refractivity contribution is -0.114. The highest BCUT2D eigenvalue weighted by atomic mass is 16.5. The summed E-state index contributed by atoms with van der Waals surface area (Å²) in [4.78, 5) is 9.44. The van der Waals surface area contributed by atoms with Crippen LogP contribution in [0.25, 0.3) is 0 Å². The van der Waals surface area contributed by atoms with Crippen molar-refractivity contribution in [1.82, 2.24) is 0 Å². The van der Waals surface area contributed by atoms with Crippen molar-refractivity contribution in [2.24, 2.45) is 0 Å². The molecule has 0 aliphatic carbocycles. The van der Waals surface area contributed by atoms with E-state index in [1.165, 1.54) is 25.0 Å². The number of carbonyl (C=O) groups is 1. The lowest BCUT2D eigenvalue weighted by Crippen LogP contribution is -2.08. The molecule has 0 saturated carbocycles. The maximum atomic E-state index is 9.44. The molecule has 1 aliphatic heterocycles. The third-order valence-corrected chi connectivity index (χ3v) is 1.89. The molecule has 76 valence electrons. The summed E-state index contributed by atoms with van der Waals surface area (Å²) in [5.41, 5.74) is 2.81. The van der Waals surface area contributed by atoms with E-state index < -0.39 is 0 Å². The van der Waals surface area contributed by atoms with Crippen LogP contribution < -0.4 is 0 Å². The van der Waals surface area contributed by atoms with Crippen molar-refractivity contribution in [3.63, 3.8) is 0 Å². The van der Waals surface area contributed by atoms with Crippen molar-refractivity contribution >= 4 is 5.78 Å². The van der Waals surface area contributed by atoms with E-state index in [1.807, 2.05) is 0 Å². The summed E-state index contributed by atoms with van der Waals surface area (Å²) >= 11 is 0. The molecule has 0 aromatic heterocycles. The largest absolute Gasteiger partial charge is 0.376 e. The minimum absolute atomic E-state index is 0.167. The Hall–Kier alpha value is -1.15. The van der Waals surface area contributed by atoms with Gasteiger partial charge in [0.15, 0.2) is 0 Å². The van der Waals surface area contributed by atoms with Crippen molar-refractivity contribution in [3.05, 3.63) is 35.4 Å². The Morgan fingerprint density at radius 2 is 1.79 bits per heavy atom. The number of ether oxygens (including phenoxy) is 1. The predicted octanol–water partition coefficient (Wildman–Crippen LogP) is 2.35. The predicted molar refractivity (Wildman–Crippen MR) is 56.2 cm³/mol. The average Bonchev–Trinajstić information content (AvgIpc) is 2.17. The van der Waals surface area contributed by atoms with Crippen molar-refractivity contribution < 1.29 is 9.53 Å². The van der Waals surface area contributed by atoms with Crippen LogP contribution in [0.1, 0.15) is 25.0 Å². The summed E-state index contributed by atoms with van der Waals surface area (Å²) < 4.78 is 5.30. The summed E-state index contributed by atoms with van der Waals surface area (Å²) in [7, 11) is 0. The Labute approximate surface area is 84.9 Å². The van der Waals surface area contributed by atoms with Gasteiger partial charge in [-0.3, -0.25) is 0 Å². The first-order valence-corrected chi connectivity index (χ1v) is 4.82. The van der Waals surface area contributed by atoms with Crippen LogP contribution in [0.5, 0.6) is 0 Å². The summed E-state index contributed by atoms with van der Waals surface area (Å²) in [6.45, 7) is 4.74. The fourth-order valence-corrected chi connectivity index (χ4v) is 1.31. The van der Waals surface area contributed by atoms with E-state index >= 15 is 0 Å². The number of ketones is 1. The number of hydrogen-bond donors (Lipinski definition) is 0. The molecule has 14 heavy (non-hydrogen) atoms. The molecule has 2 rings (SSSR count). The summed E-state index contributed by atoms with van der Waals surface area (Å²) in [6, 6.07) is 8.46. The van der Waals surface area contributed by atoms with Crippen molar-refractivity contribution in [1.29, 1.82) is 0 Å². The molecule has 0 bridgehead atoms. The Bertz CT molecular complexity index is 276. The van der Waals surface area contributed by atoms with Gasteiger partial charge in [-0.2, -0.15) is 0 Å². The molecule has 0 amide bonds. The molecule has 2 nitrogen and oxygen atoms in total. The molecule has 1 aliphatic rings. The van der Waals surface area contributed by atoms with Gasteiger partial charge in [0.05, 0.1) is 13.2 Å². The number of carbonyl (C=O) groups excluding carboxylic acids is 1. The summed E-state index contributed by atoms with van der Waals surface area (Å²) in [6.07, 6.45) is 1.08. The number of rotatable bonds is 0. The Kier molecular flexibility index (Phi) is 4.33. The zero-order valence-corrected chi connectivity index (χ0v) is 8.75. The van der Waals surface area contributed by atoms with Crippen LogP contribution in [0.3, 0.4) is 0 Å². The van der Waals surface area contributed by atoms with Gasteiger partial charge < -0.3 is 9.53 Å². The zero-order chi connectivity index (χ0) is 10.4. The summed E-state index contributed by atoms with van der Waals surface area (Å²) in [5, 5.41) is 0. The smallest absolute Gasteiger partial charge is 0.126 e. The van der Waals surface area contributed by atoms with E-state index in [0.29, 0.717) is 0 Å². The van der Waals surface area contributed by atoms with Gasteiger partial charge in [-0.15, -0.1) is 0 Å². The van der Waals surface area contributed by atoms with Crippen LogP contribution >= 0.6 is 0 Å². The van der Waals surface area contributed by atoms with E-state index in [4.69, 9.17) is 4.74 Å². The number of hydrogen-bond acceptors (Lipinski definition) is 2. The molecule has 1 aromatic carbocycles. The highest BCUT2D eigenvalue weighted by Gasteiger charge is 2.06. The van der Waals surface area contributed by atoms with Crippen molar-refractivity contribution in [2.45, 2.75) is 26.9 Å². The molecule has 0 N–H and O–H groups in total. The number of benzene rings is 1. The van der Waals surface area contributed by atoms with Gasteiger partial charge in [0.1, 0.15) is 5.78 Å². The molecule has 1 aromatic rings. The Morgan fingerprint density at radius 1 is 1.21 bits per heavy atom. The van der Waals surface area contributed by atoms with Gasteiger partial charge in [0, 0.05) is 0 Å². The highest BCUT2D eigenvalue weighted by Crippen LogP contribution is 2.14. The van der Waals surface area contributed by atoms with Gasteiger partial charge in [-0.25, -0.2) is 0 Å². The summed E-state index contributed by atoms with van der Waals surface area (Å²) in [5.74, 6) is 0.167. The van der Waals surface area contributed by atoms with Gasteiger partial charge in [0.2, 0.25) is 0 Å². The van der Waals surface area contributed by atoms with Gasteiger partial charge in [-0.1, -0.05) is 24.3 Å². The third-order valence-electron chi connectivity index (χ3n) is 1.89. The van der Waals surface area contributed by atoms with E-state index in [1.54, 1.807) is 0 Å². The molecule has 0 fully saturated rings. The van der Waals surface area contributed by atoms with E-state index in [9.17, 15) is 4.79 Å². The lowest BCUT2D eigenvalue weighted by Gasteiger charge is -2.14. The number of Topliss-reactive ketones (excluding diaryl/α,β-unsaturated/α-hetero) is 1. The first-order valence-electron chi connectivity index (χ1n) is 4.82. The first kappa shape index (κ1) is 10.9. The highest BCUT2D eigenvalue weighted by molar-refractivity contribution is 5.72. The second-order valence-corrected chi connectivity index (χ2v) is 3.48. The second kappa shape index (κ2) is 5.55. The average molecular weight is 192 g/mol. The van der Waals surface area contributed by atoms with Gasteiger partial charge in [0.25, 0.3) is 0 Å². The molecule has 0 unspecified atom stereocenters. The molecule has 0 radical (unpaired) electrons. The Balaban J connectivity index is 0.000000213. The van der Waals surface area contributed by atoms with Crippen LogP contribution in [0.4, 0.5) is 0 Å². The van der Waals surface area contributed by atoms with Crippen LogP contribution in [0, 0.1) is 0 Å². The van der Waals surface area contributed by atoms with E-state index in [-0.39, 0.29) is 5.78 Å². The minimum atomic E-state index is 0.167. The van der Waals surface area contributed by atoms with Crippen LogP contribution in [0.2, 0.25) is 0 Å². The normalized spacial score (nSPS) is 13.6. The van der Waals surface area contributed by atoms with Crippen LogP contribution in [-0.2, 0) is 22.6 Å². The minimum Gasteiger partial charge on any atom is -0.376 e. The van der Waals surface area contributed by atoms with Crippen molar-refractivity contribution in [2.75, 3.05) is 6.61 Å². The monoisotopic (exact) mass is 192 g/mol. The van der Waals surface area contributed by atoms with E-state index in [2.05, 4.69) is 24.3 Å². The molecule has 1 heterocycles. The standard InChI is InChI=1S/C9H10O.C3H6O/c1-2-4-9-7-10-6-5-8(9)3-1;1-3(2)4/h1-4H,5-7H2;1-2H3. The number of fused-ring (bicyclic) bond motifs is 1. The van der Waals surface area contributed by atoms with Gasteiger partial charge in [-0.05, 0) is 31.4 Å². The molecule has 0 atom stereocenters. The molecular weight excluding hydrogens is 176 g/mol. The first-order chi connectivity index (χ1) is 6.70. The lowest BCUT2D eigenvalue weighted by atomic mass is 10.0. The van der Waals surface area contributed by atoms with Crippen LogP contribution in [0.15, 0.2) is 24.3 Å². The van der Waals surface area contributed by atoms with Gasteiger partial charge >= 0.3 is 0 Å². The topological polar surface area (TPSA) is 26.3 Å². The third kappa shape index (κ3) is 3.71. The zero-order valence-electron chi connectivity index (χ0n) is 8.75. The van der Waals surface area contributed by atoms with Crippen LogP contribution in [-0.4, -0.2) is 12.4 Å². The molecule has 0 spiro atoms. The SMILES string of the molecule is CC(C)=O.c1ccc2c(c1)CCOC2. The maximum absolute atomic E-state index is 9.44. The molecule has 0 saturated heterocycles. The molecular formula is C12H16O2. The van der Waals surface area contributed by atoms with Crippen molar-refractivity contribution in [3.8, 4) is 0 Å². The quantitative estimate of drug-likeness (QED) is 0.630. The fraction of sp³-hybridized carbons (Fsp3) is 0.417. The maximum Gasteiger partial charge on any atom is 0.126 e. The molecule has 2 heteroatoms. The Morgan fingerprint density at radius 3 is 2.36 bits per heavy atom. The second-order valence-electron chi connectivity index (χ2n) is 3.48. The fourth-order valence-electron chi connectivity index (χ4n) is 1.31.